The predicted molar refractivity (Wildman–Crippen MR) is 123 cm³/mol. The Bertz CT molecular complexity index is 1160. The van der Waals surface area contributed by atoms with Crippen LogP contribution < -0.4 is 4.90 Å². The van der Waals surface area contributed by atoms with Crippen molar-refractivity contribution in [2.75, 3.05) is 37.7 Å². The summed E-state index contributed by atoms with van der Waals surface area (Å²) in [6.07, 6.45) is 0.609. The number of fused-ring (bicyclic) bond motifs is 1. The van der Waals surface area contributed by atoms with E-state index in [1.165, 1.54) is 12.1 Å². The normalized spacial score (nSPS) is 13.7. The lowest BCUT2D eigenvalue weighted by molar-refractivity contribution is -0.384. The zero-order valence-corrected chi connectivity index (χ0v) is 18.1. The number of hydrogen-bond donors (Lipinski definition) is 0. The van der Waals surface area contributed by atoms with E-state index in [-0.39, 0.29) is 24.6 Å². The summed E-state index contributed by atoms with van der Waals surface area (Å²) in [5.74, 6) is -0.654. The van der Waals surface area contributed by atoms with Gasteiger partial charge in [0.25, 0.3) is 11.6 Å². The number of aromatic nitrogens is 1. The van der Waals surface area contributed by atoms with E-state index in [2.05, 4.69) is 9.88 Å². The average Bonchev–Trinajstić information content (AvgIpc) is 2.86. The van der Waals surface area contributed by atoms with Gasteiger partial charge in [0, 0.05) is 61.5 Å². The van der Waals surface area contributed by atoms with Crippen LogP contribution in [0.5, 0.6) is 0 Å². The molecule has 3 aromatic rings. The van der Waals surface area contributed by atoms with E-state index in [0.29, 0.717) is 32.6 Å². The highest BCUT2D eigenvalue weighted by atomic mass is 16.6. The summed E-state index contributed by atoms with van der Waals surface area (Å²) in [5.41, 5.74) is 2.61. The summed E-state index contributed by atoms with van der Waals surface area (Å²) < 4.78 is 5.18. The molecule has 1 amide bonds. The number of benzene rings is 2. The minimum absolute atomic E-state index is 0.0470. The fourth-order valence-electron chi connectivity index (χ4n) is 3.78. The highest BCUT2D eigenvalue weighted by molar-refractivity contribution is 5.81. The minimum atomic E-state index is -0.431. The maximum Gasteiger partial charge on any atom is 0.306 e. The van der Waals surface area contributed by atoms with Crippen molar-refractivity contribution >= 4 is 34.2 Å². The lowest BCUT2D eigenvalue weighted by Crippen LogP contribution is -2.49. The van der Waals surface area contributed by atoms with Crippen LogP contribution >= 0.6 is 0 Å². The van der Waals surface area contributed by atoms with Gasteiger partial charge in [-0.2, -0.15) is 0 Å². The molecule has 0 unspecified atom stereocenters. The first-order valence-corrected chi connectivity index (χ1v) is 10.8. The van der Waals surface area contributed by atoms with Crippen LogP contribution in [0.15, 0.2) is 60.7 Å². The zero-order chi connectivity index (χ0) is 23.2. The third-order valence-electron chi connectivity index (χ3n) is 5.66. The Morgan fingerprint density at radius 1 is 0.970 bits per heavy atom. The second kappa shape index (κ2) is 10.1. The lowest BCUT2D eigenvalue weighted by Gasteiger charge is -2.36. The van der Waals surface area contributed by atoms with Crippen LogP contribution in [-0.4, -0.2) is 59.5 Å². The molecule has 33 heavy (non-hydrogen) atoms. The molecule has 170 valence electrons. The number of nitrogens with zero attached hydrogens (tertiary/aromatic N) is 4. The van der Waals surface area contributed by atoms with Crippen molar-refractivity contribution in [3.05, 3.63) is 76.5 Å². The number of amides is 1. The summed E-state index contributed by atoms with van der Waals surface area (Å²) in [5, 5.41) is 11.8. The van der Waals surface area contributed by atoms with Crippen molar-refractivity contribution in [2.45, 2.75) is 12.8 Å². The monoisotopic (exact) mass is 448 g/mol. The molecule has 0 aliphatic carbocycles. The molecular formula is C24H24N4O5. The summed E-state index contributed by atoms with van der Waals surface area (Å²) in [7, 11) is 0. The van der Waals surface area contributed by atoms with Crippen molar-refractivity contribution in [3.63, 3.8) is 0 Å². The molecular weight excluding hydrogens is 424 g/mol. The van der Waals surface area contributed by atoms with Gasteiger partial charge in [0.15, 0.2) is 6.61 Å². The molecule has 0 N–H and O–H groups in total. The summed E-state index contributed by atoms with van der Waals surface area (Å²) in [4.78, 5) is 43.2. The third kappa shape index (κ3) is 5.62. The number of esters is 1. The first kappa shape index (κ1) is 22.2. The number of carbonyl (C=O) groups excluding carboxylic acids is 2. The van der Waals surface area contributed by atoms with Crippen molar-refractivity contribution in [3.8, 4) is 0 Å². The Kier molecular flexibility index (Phi) is 6.77. The Morgan fingerprint density at radius 2 is 1.70 bits per heavy atom. The molecule has 0 atom stereocenters. The van der Waals surface area contributed by atoms with E-state index in [1.807, 2.05) is 36.4 Å². The molecule has 4 rings (SSSR count). The number of nitro benzene ring substituents is 1. The largest absolute Gasteiger partial charge is 0.456 e. The second-order valence-corrected chi connectivity index (χ2v) is 7.80. The fraction of sp³-hybridized carbons (Fsp3) is 0.292. The van der Waals surface area contributed by atoms with Crippen LogP contribution in [0, 0.1) is 10.1 Å². The van der Waals surface area contributed by atoms with E-state index in [0.717, 1.165) is 22.3 Å². The van der Waals surface area contributed by atoms with E-state index >= 15 is 0 Å². The molecule has 9 heteroatoms. The van der Waals surface area contributed by atoms with Crippen molar-refractivity contribution in [1.29, 1.82) is 0 Å². The molecule has 1 aliphatic heterocycles. The molecule has 1 aliphatic rings. The van der Waals surface area contributed by atoms with Crippen LogP contribution in [0.1, 0.15) is 12.1 Å². The van der Waals surface area contributed by atoms with Crippen LogP contribution in [0.3, 0.4) is 0 Å². The molecule has 0 spiro atoms. The first-order valence-electron chi connectivity index (χ1n) is 10.8. The highest BCUT2D eigenvalue weighted by Gasteiger charge is 2.22. The molecule has 0 radical (unpaired) electrons. The average molecular weight is 448 g/mol. The van der Waals surface area contributed by atoms with Crippen LogP contribution in [0.25, 0.3) is 10.9 Å². The molecule has 2 aromatic carbocycles. The number of carbonyl (C=O) groups is 2. The number of non-ortho nitro benzene ring substituents is 1. The number of rotatable bonds is 7. The number of ether oxygens (including phenoxy) is 1. The van der Waals surface area contributed by atoms with Gasteiger partial charge in [0.2, 0.25) is 0 Å². The van der Waals surface area contributed by atoms with Crippen LogP contribution in [0.4, 0.5) is 11.4 Å². The minimum Gasteiger partial charge on any atom is -0.456 e. The van der Waals surface area contributed by atoms with Crippen molar-refractivity contribution in [2.24, 2.45) is 0 Å². The first-order chi connectivity index (χ1) is 16.0. The molecule has 0 saturated carbocycles. The number of nitro groups is 1. The van der Waals surface area contributed by atoms with Crippen molar-refractivity contribution < 1.29 is 19.2 Å². The number of aryl methyl sites for hydroxylation is 1. The van der Waals surface area contributed by atoms with Gasteiger partial charge in [-0.3, -0.25) is 24.7 Å². The third-order valence-corrected chi connectivity index (χ3v) is 5.66. The lowest BCUT2D eigenvalue weighted by atomic mass is 10.1. The molecule has 1 saturated heterocycles. The van der Waals surface area contributed by atoms with Gasteiger partial charge >= 0.3 is 5.97 Å². The Balaban J connectivity index is 1.19. The Hall–Kier alpha value is -4.01. The second-order valence-electron chi connectivity index (χ2n) is 7.80. The van der Waals surface area contributed by atoms with Crippen LogP contribution in [0.2, 0.25) is 0 Å². The van der Waals surface area contributed by atoms with Crippen molar-refractivity contribution in [1.82, 2.24) is 9.88 Å². The van der Waals surface area contributed by atoms with Gasteiger partial charge in [0.1, 0.15) is 0 Å². The molecule has 9 nitrogen and oxygen atoms in total. The number of pyridine rings is 1. The van der Waals surface area contributed by atoms with E-state index in [4.69, 9.17) is 4.74 Å². The topological polar surface area (TPSA) is 106 Å². The maximum absolute atomic E-state index is 12.4. The van der Waals surface area contributed by atoms with E-state index < -0.39 is 10.9 Å². The van der Waals surface area contributed by atoms with Gasteiger partial charge in [0.05, 0.1) is 16.9 Å². The zero-order valence-electron chi connectivity index (χ0n) is 18.1. The summed E-state index contributed by atoms with van der Waals surface area (Å²) in [6.45, 7) is 1.92. The number of hydrogen-bond acceptors (Lipinski definition) is 7. The van der Waals surface area contributed by atoms with E-state index in [9.17, 15) is 19.7 Å². The smallest absolute Gasteiger partial charge is 0.306 e. The number of piperazine rings is 1. The molecule has 1 aromatic heterocycles. The molecule has 1 fully saturated rings. The van der Waals surface area contributed by atoms with Gasteiger partial charge < -0.3 is 14.5 Å². The summed E-state index contributed by atoms with van der Waals surface area (Å²) in [6, 6.07) is 18.0. The Labute approximate surface area is 190 Å². The highest BCUT2D eigenvalue weighted by Crippen LogP contribution is 2.20. The predicted octanol–water partition coefficient (Wildman–Crippen LogP) is 2.97. The molecule has 2 heterocycles. The van der Waals surface area contributed by atoms with Gasteiger partial charge in [-0.15, -0.1) is 0 Å². The molecule has 0 bridgehead atoms. The fourth-order valence-corrected chi connectivity index (χ4v) is 3.78. The van der Waals surface area contributed by atoms with E-state index in [1.54, 1.807) is 17.0 Å². The van der Waals surface area contributed by atoms with Crippen LogP contribution in [-0.2, 0) is 20.7 Å². The quantitative estimate of drug-likeness (QED) is 0.311. The standard InChI is InChI=1S/C24H24N4O5/c29-23(27-15-13-26(14-16-27)20-8-10-21(11-9-20)28(31)32)17-33-24(30)12-7-19-6-5-18-3-1-2-4-22(18)25-19/h1-6,8-11H,7,12-17H2. The number of para-hydroxylation sites is 1. The Morgan fingerprint density at radius 3 is 2.42 bits per heavy atom. The maximum atomic E-state index is 12.4. The van der Waals surface area contributed by atoms with Gasteiger partial charge in [-0.05, 0) is 24.3 Å². The van der Waals surface area contributed by atoms with Gasteiger partial charge in [-0.25, -0.2) is 0 Å². The number of anilines is 1. The SMILES string of the molecule is O=C(CCc1ccc2ccccc2n1)OCC(=O)N1CCN(c2ccc([N+](=O)[O-])cc2)CC1. The summed E-state index contributed by atoms with van der Waals surface area (Å²) >= 11 is 0. The van der Waals surface area contributed by atoms with Gasteiger partial charge in [-0.1, -0.05) is 24.3 Å².